The van der Waals surface area contributed by atoms with Crippen LogP contribution in [0.25, 0.3) is 0 Å². The number of nitrogens with two attached hydrogens (primary N) is 1. The van der Waals surface area contributed by atoms with Crippen LogP contribution < -0.4 is 5.73 Å². The molecule has 0 aliphatic heterocycles. The van der Waals surface area contributed by atoms with E-state index in [2.05, 4.69) is 0 Å². The second-order valence-electron chi connectivity index (χ2n) is 5.46. The lowest BCUT2D eigenvalue weighted by molar-refractivity contribution is -0.0461. The highest BCUT2D eigenvalue weighted by Crippen LogP contribution is 2.64. The molecule has 1 aromatic rings. The molecule has 2 saturated carbocycles. The smallest absolute Gasteiger partial charge is 0.0471 e. The van der Waals surface area contributed by atoms with Crippen molar-refractivity contribution >= 4 is 23.2 Å². The molecule has 1 spiro atoms. The zero-order chi connectivity index (χ0) is 11.4. The largest absolute Gasteiger partial charge is 0.321 e. The van der Waals surface area contributed by atoms with E-state index < -0.39 is 0 Å². The maximum atomic E-state index is 6.44. The first-order chi connectivity index (χ1) is 7.55. The van der Waals surface area contributed by atoms with Crippen LogP contribution in [-0.4, -0.2) is 0 Å². The van der Waals surface area contributed by atoms with Gasteiger partial charge in [0.05, 0.1) is 0 Å². The van der Waals surface area contributed by atoms with E-state index in [1.165, 1.54) is 19.3 Å². The third-order valence-electron chi connectivity index (χ3n) is 4.26. The number of hydrogen-bond donors (Lipinski definition) is 1. The Bertz CT molecular complexity index is 409. The molecule has 2 N–H and O–H groups in total. The summed E-state index contributed by atoms with van der Waals surface area (Å²) in [5.74, 6) is 0. The third kappa shape index (κ3) is 1.42. The van der Waals surface area contributed by atoms with Crippen molar-refractivity contribution in [1.82, 2.24) is 0 Å². The molecule has 0 heterocycles. The molecule has 0 radical (unpaired) electrons. The SMILES string of the molecule is NC1(c2c(Cl)cccc2Cl)CC2(CCC2)C1. The highest BCUT2D eigenvalue weighted by Gasteiger charge is 2.56. The molecule has 2 fully saturated rings. The van der Waals surface area contributed by atoms with Crippen LogP contribution in [0.1, 0.15) is 37.7 Å². The van der Waals surface area contributed by atoms with Gasteiger partial charge in [0.15, 0.2) is 0 Å². The van der Waals surface area contributed by atoms with Gasteiger partial charge < -0.3 is 5.73 Å². The van der Waals surface area contributed by atoms with E-state index in [0.717, 1.165) is 18.4 Å². The van der Waals surface area contributed by atoms with E-state index in [1.807, 2.05) is 18.2 Å². The van der Waals surface area contributed by atoms with Gasteiger partial charge in [0.2, 0.25) is 0 Å². The predicted molar refractivity (Wildman–Crippen MR) is 67.8 cm³/mol. The van der Waals surface area contributed by atoms with Crippen molar-refractivity contribution in [2.45, 2.75) is 37.6 Å². The molecular formula is C13H15Cl2N. The summed E-state index contributed by atoms with van der Waals surface area (Å²) in [6.07, 6.45) is 6.10. The van der Waals surface area contributed by atoms with Gasteiger partial charge in [0.25, 0.3) is 0 Å². The van der Waals surface area contributed by atoms with Gasteiger partial charge in [-0.05, 0) is 43.2 Å². The van der Waals surface area contributed by atoms with Gasteiger partial charge in [0.1, 0.15) is 0 Å². The van der Waals surface area contributed by atoms with E-state index >= 15 is 0 Å². The van der Waals surface area contributed by atoms with E-state index in [0.29, 0.717) is 15.5 Å². The highest BCUT2D eigenvalue weighted by molar-refractivity contribution is 6.36. The summed E-state index contributed by atoms with van der Waals surface area (Å²) in [5, 5.41) is 1.42. The molecule has 3 heteroatoms. The molecule has 86 valence electrons. The first kappa shape index (κ1) is 10.9. The predicted octanol–water partition coefficient (Wildman–Crippen LogP) is 4.11. The summed E-state index contributed by atoms with van der Waals surface area (Å²) < 4.78 is 0. The minimum Gasteiger partial charge on any atom is -0.321 e. The maximum Gasteiger partial charge on any atom is 0.0471 e. The van der Waals surface area contributed by atoms with Crippen LogP contribution in [0.15, 0.2) is 18.2 Å². The summed E-state index contributed by atoms with van der Waals surface area (Å²) in [4.78, 5) is 0. The van der Waals surface area contributed by atoms with Crippen LogP contribution in [0.3, 0.4) is 0 Å². The molecule has 0 amide bonds. The van der Waals surface area contributed by atoms with E-state index in [9.17, 15) is 0 Å². The molecule has 0 atom stereocenters. The summed E-state index contributed by atoms with van der Waals surface area (Å²) in [5.41, 5.74) is 7.64. The molecule has 0 saturated heterocycles. The molecule has 0 aromatic heterocycles. The van der Waals surface area contributed by atoms with Crippen LogP contribution in [0.5, 0.6) is 0 Å². The van der Waals surface area contributed by atoms with E-state index in [-0.39, 0.29) is 5.54 Å². The highest BCUT2D eigenvalue weighted by atomic mass is 35.5. The van der Waals surface area contributed by atoms with E-state index in [1.54, 1.807) is 0 Å². The lowest BCUT2D eigenvalue weighted by Crippen LogP contribution is -2.58. The van der Waals surface area contributed by atoms with Crippen LogP contribution in [0.4, 0.5) is 0 Å². The minimum absolute atomic E-state index is 0.282. The third-order valence-corrected chi connectivity index (χ3v) is 4.89. The van der Waals surface area contributed by atoms with Gasteiger partial charge >= 0.3 is 0 Å². The van der Waals surface area contributed by atoms with Crippen molar-refractivity contribution in [2.24, 2.45) is 11.1 Å². The van der Waals surface area contributed by atoms with Gasteiger partial charge in [-0.1, -0.05) is 35.7 Å². The van der Waals surface area contributed by atoms with E-state index in [4.69, 9.17) is 28.9 Å². The summed E-state index contributed by atoms with van der Waals surface area (Å²) >= 11 is 12.4. The summed E-state index contributed by atoms with van der Waals surface area (Å²) in [6.45, 7) is 0. The fraction of sp³-hybridized carbons (Fsp3) is 0.538. The van der Waals surface area contributed by atoms with Crippen LogP contribution >= 0.6 is 23.2 Å². The topological polar surface area (TPSA) is 26.0 Å². The minimum atomic E-state index is -0.282. The Hall–Kier alpha value is -0.240. The number of benzene rings is 1. The molecule has 16 heavy (non-hydrogen) atoms. The second-order valence-corrected chi connectivity index (χ2v) is 6.27. The van der Waals surface area contributed by atoms with Crippen molar-refractivity contribution in [2.75, 3.05) is 0 Å². The van der Waals surface area contributed by atoms with Gasteiger partial charge in [-0.2, -0.15) is 0 Å². The van der Waals surface area contributed by atoms with Crippen molar-refractivity contribution < 1.29 is 0 Å². The van der Waals surface area contributed by atoms with Crippen molar-refractivity contribution in [3.8, 4) is 0 Å². The standard InChI is InChI=1S/C13H15Cl2N/c14-9-3-1-4-10(15)11(9)13(16)7-12(8-13)5-2-6-12/h1,3-4H,2,5-8,16H2. The zero-order valence-electron chi connectivity index (χ0n) is 9.10. The summed E-state index contributed by atoms with van der Waals surface area (Å²) in [6, 6.07) is 5.63. The van der Waals surface area contributed by atoms with Crippen molar-refractivity contribution in [3.05, 3.63) is 33.8 Å². The normalized spacial score (nSPS) is 24.9. The van der Waals surface area contributed by atoms with Gasteiger partial charge in [-0.15, -0.1) is 0 Å². The first-order valence-corrected chi connectivity index (χ1v) is 6.54. The van der Waals surface area contributed by atoms with Crippen LogP contribution in [0, 0.1) is 5.41 Å². The van der Waals surface area contributed by atoms with Crippen molar-refractivity contribution in [1.29, 1.82) is 0 Å². The number of hydrogen-bond acceptors (Lipinski definition) is 1. The average molecular weight is 256 g/mol. The van der Waals surface area contributed by atoms with Gasteiger partial charge in [0, 0.05) is 21.1 Å². The zero-order valence-corrected chi connectivity index (χ0v) is 10.6. The Kier molecular flexibility index (Phi) is 2.30. The maximum absolute atomic E-state index is 6.44. The van der Waals surface area contributed by atoms with Gasteiger partial charge in [-0.3, -0.25) is 0 Å². The van der Waals surface area contributed by atoms with Crippen molar-refractivity contribution in [3.63, 3.8) is 0 Å². The fourth-order valence-corrected chi connectivity index (χ4v) is 4.24. The molecular weight excluding hydrogens is 241 g/mol. The quantitative estimate of drug-likeness (QED) is 0.803. The molecule has 3 rings (SSSR count). The molecule has 2 aliphatic rings. The molecule has 1 aromatic carbocycles. The Labute approximate surface area is 106 Å². The lowest BCUT2D eigenvalue weighted by atomic mass is 9.47. The molecule has 0 bridgehead atoms. The van der Waals surface area contributed by atoms with Crippen LogP contribution in [-0.2, 0) is 5.54 Å². The average Bonchev–Trinajstić information content (AvgIpc) is 2.10. The Morgan fingerprint density at radius 1 is 1.06 bits per heavy atom. The van der Waals surface area contributed by atoms with Gasteiger partial charge in [-0.25, -0.2) is 0 Å². The fourth-order valence-electron chi connectivity index (χ4n) is 3.47. The number of rotatable bonds is 1. The Morgan fingerprint density at radius 3 is 2.06 bits per heavy atom. The lowest BCUT2D eigenvalue weighted by Gasteiger charge is -2.60. The monoisotopic (exact) mass is 255 g/mol. The second kappa shape index (κ2) is 3.38. The summed E-state index contributed by atoms with van der Waals surface area (Å²) in [7, 11) is 0. The Morgan fingerprint density at radius 2 is 1.62 bits per heavy atom. The molecule has 0 unspecified atom stereocenters. The number of halogens is 2. The van der Waals surface area contributed by atoms with Crippen LogP contribution in [0.2, 0.25) is 10.0 Å². The molecule has 2 aliphatic carbocycles. The first-order valence-electron chi connectivity index (χ1n) is 5.78. The Balaban J connectivity index is 1.93. The molecule has 1 nitrogen and oxygen atoms in total.